The molecule has 0 bridgehead atoms. The normalized spacial score (nSPS) is 10.0. The first kappa shape index (κ1) is 16.6. The molecule has 5 heteroatoms. The third kappa shape index (κ3) is 4.56. The molecule has 112 valence electrons. The minimum atomic E-state index is 0.722. The van der Waals surface area contributed by atoms with Crippen LogP contribution in [0.3, 0.4) is 0 Å². The average molecular weight is 296 g/mol. The van der Waals surface area contributed by atoms with Gasteiger partial charge in [0.2, 0.25) is 0 Å². The molecule has 0 aliphatic carbocycles. The summed E-state index contributed by atoms with van der Waals surface area (Å²) in [5.41, 5.74) is 0.857. The molecule has 0 saturated carbocycles. The number of thiocarbonyl (C=S) groups is 1. The number of rotatable bonds is 7. The van der Waals surface area contributed by atoms with Crippen LogP contribution in [0, 0.1) is 0 Å². The quantitative estimate of drug-likeness (QED) is 0.779. The predicted molar refractivity (Wildman–Crippen MR) is 87.9 cm³/mol. The summed E-state index contributed by atoms with van der Waals surface area (Å²) in [6.45, 7) is 6.22. The summed E-state index contributed by atoms with van der Waals surface area (Å²) >= 11 is 5.49. The maximum atomic E-state index is 5.49. The van der Waals surface area contributed by atoms with Gasteiger partial charge < -0.3 is 19.7 Å². The monoisotopic (exact) mass is 296 g/mol. The Bertz CT molecular complexity index is 432. The number of benzene rings is 1. The molecular weight excluding hydrogens is 272 g/mol. The van der Waals surface area contributed by atoms with Gasteiger partial charge >= 0.3 is 0 Å². The van der Waals surface area contributed by atoms with E-state index in [2.05, 4.69) is 24.1 Å². The van der Waals surface area contributed by atoms with Crippen LogP contribution < -0.4 is 14.8 Å². The van der Waals surface area contributed by atoms with Crippen molar-refractivity contribution in [3.63, 3.8) is 0 Å². The van der Waals surface area contributed by atoms with Gasteiger partial charge in [0, 0.05) is 19.2 Å². The van der Waals surface area contributed by atoms with Crippen LogP contribution in [0.15, 0.2) is 18.2 Å². The molecule has 0 heterocycles. The molecule has 1 aromatic rings. The Balaban J connectivity index is 2.82. The Morgan fingerprint density at radius 1 is 1.15 bits per heavy atom. The number of anilines is 1. The van der Waals surface area contributed by atoms with Crippen molar-refractivity contribution in [2.24, 2.45) is 0 Å². The van der Waals surface area contributed by atoms with Crippen LogP contribution in [0.5, 0.6) is 11.5 Å². The lowest BCUT2D eigenvalue weighted by atomic mass is 10.2. The summed E-state index contributed by atoms with van der Waals surface area (Å²) < 4.78 is 10.6. The first-order chi connectivity index (χ1) is 9.65. The molecular formula is C15H24N2O2S. The zero-order valence-electron chi connectivity index (χ0n) is 12.7. The first-order valence-corrected chi connectivity index (χ1v) is 7.35. The highest BCUT2D eigenvalue weighted by Gasteiger charge is 2.11. The van der Waals surface area contributed by atoms with Gasteiger partial charge in [0.1, 0.15) is 11.5 Å². The third-order valence-corrected chi connectivity index (χ3v) is 3.28. The number of nitrogens with zero attached hydrogens (tertiary/aromatic N) is 1. The van der Waals surface area contributed by atoms with E-state index in [1.54, 1.807) is 14.2 Å². The first-order valence-electron chi connectivity index (χ1n) is 6.94. The van der Waals surface area contributed by atoms with Crippen molar-refractivity contribution in [2.45, 2.75) is 26.7 Å². The molecule has 1 N–H and O–H groups in total. The van der Waals surface area contributed by atoms with Crippen molar-refractivity contribution in [1.29, 1.82) is 0 Å². The fourth-order valence-electron chi connectivity index (χ4n) is 1.95. The Morgan fingerprint density at radius 2 is 1.80 bits per heavy atom. The summed E-state index contributed by atoms with van der Waals surface area (Å²) in [5.74, 6) is 1.48. The molecule has 0 unspecified atom stereocenters. The number of hydrogen-bond acceptors (Lipinski definition) is 3. The highest BCUT2D eigenvalue weighted by atomic mass is 32.1. The lowest BCUT2D eigenvalue weighted by Gasteiger charge is -2.25. The Labute approximate surface area is 127 Å². The fraction of sp³-hybridized carbons (Fsp3) is 0.533. The largest absolute Gasteiger partial charge is 0.497 e. The zero-order chi connectivity index (χ0) is 15.0. The second-order valence-electron chi connectivity index (χ2n) is 4.48. The van der Waals surface area contributed by atoms with Crippen LogP contribution in [-0.4, -0.2) is 37.3 Å². The van der Waals surface area contributed by atoms with Crippen molar-refractivity contribution in [3.05, 3.63) is 18.2 Å². The van der Waals surface area contributed by atoms with Crippen LogP contribution in [0.1, 0.15) is 26.7 Å². The summed E-state index contributed by atoms with van der Waals surface area (Å²) in [6, 6.07) is 5.65. The van der Waals surface area contributed by atoms with Crippen molar-refractivity contribution < 1.29 is 9.47 Å². The lowest BCUT2D eigenvalue weighted by Crippen LogP contribution is -2.36. The van der Waals surface area contributed by atoms with Gasteiger partial charge in [-0.05, 0) is 37.2 Å². The molecule has 1 aromatic carbocycles. The fourth-order valence-corrected chi connectivity index (χ4v) is 2.24. The number of methoxy groups -OCH3 is 2. The maximum Gasteiger partial charge on any atom is 0.173 e. The minimum Gasteiger partial charge on any atom is -0.497 e. The Hall–Kier alpha value is -1.49. The van der Waals surface area contributed by atoms with Gasteiger partial charge in [0.05, 0.1) is 19.9 Å². The van der Waals surface area contributed by atoms with Gasteiger partial charge in [-0.25, -0.2) is 0 Å². The van der Waals surface area contributed by atoms with Gasteiger partial charge in [0.15, 0.2) is 5.11 Å². The molecule has 4 nitrogen and oxygen atoms in total. The summed E-state index contributed by atoms with van der Waals surface area (Å²) in [4.78, 5) is 2.18. The number of hydrogen-bond donors (Lipinski definition) is 1. The average Bonchev–Trinajstić information content (AvgIpc) is 2.47. The molecule has 0 radical (unpaired) electrons. The van der Waals surface area contributed by atoms with Crippen molar-refractivity contribution >= 4 is 23.0 Å². The topological polar surface area (TPSA) is 33.7 Å². The van der Waals surface area contributed by atoms with Gasteiger partial charge in [-0.3, -0.25) is 0 Å². The second kappa shape index (κ2) is 8.64. The van der Waals surface area contributed by atoms with Crippen LogP contribution in [0.2, 0.25) is 0 Å². The number of nitrogens with one attached hydrogen (secondary N) is 1. The van der Waals surface area contributed by atoms with E-state index in [0.717, 1.165) is 48.2 Å². The van der Waals surface area contributed by atoms with Gasteiger partial charge in [-0.15, -0.1) is 0 Å². The van der Waals surface area contributed by atoms with E-state index in [0.29, 0.717) is 0 Å². The van der Waals surface area contributed by atoms with Crippen LogP contribution in [0.25, 0.3) is 0 Å². The predicted octanol–water partition coefficient (Wildman–Crippen LogP) is 3.52. The summed E-state index contributed by atoms with van der Waals surface area (Å²) in [7, 11) is 3.27. The van der Waals surface area contributed by atoms with Gasteiger partial charge in [-0.2, -0.15) is 0 Å². The maximum absolute atomic E-state index is 5.49. The lowest BCUT2D eigenvalue weighted by molar-refractivity contribution is 0.395. The van der Waals surface area contributed by atoms with E-state index >= 15 is 0 Å². The van der Waals surface area contributed by atoms with Crippen molar-refractivity contribution in [2.75, 3.05) is 32.6 Å². The standard InChI is InChI=1S/C15H24N2O2S/c1-5-9-17(10-6-2)15(20)16-13-8-7-12(18-3)11-14(13)19-4/h7-8,11H,5-6,9-10H2,1-4H3,(H,16,20). The molecule has 20 heavy (non-hydrogen) atoms. The third-order valence-electron chi connectivity index (χ3n) is 2.92. The van der Waals surface area contributed by atoms with Gasteiger partial charge in [0.25, 0.3) is 0 Å². The molecule has 0 aliphatic rings. The van der Waals surface area contributed by atoms with E-state index in [4.69, 9.17) is 21.7 Å². The van der Waals surface area contributed by atoms with E-state index in [1.165, 1.54) is 0 Å². The van der Waals surface area contributed by atoms with Crippen molar-refractivity contribution in [3.8, 4) is 11.5 Å². The van der Waals surface area contributed by atoms with Gasteiger partial charge in [-0.1, -0.05) is 13.8 Å². The van der Waals surface area contributed by atoms with Crippen molar-refractivity contribution in [1.82, 2.24) is 4.90 Å². The highest BCUT2D eigenvalue weighted by molar-refractivity contribution is 7.80. The molecule has 1 rings (SSSR count). The van der Waals surface area contributed by atoms with E-state index < -0.39 is 0 Å². The van der Waals surface area contributed by atoms with Crippen LogP contribution in [0.4, 0.5) is 5.69 Å². The molecule has 0 aromatic heterocycles. The van der Waals surface area contributed by atoms with Crippen LogP contribution in [-0.2, 0) is 0 Å². The molecule has 0 aliphatic heterocycles. The SMILES string of the molecule is CCCN(CCC)C(=S)Nc1ccc(OC)cc1OC. The molecule has 0 amide bonds. The molecule has 0 fully saturated rings. The Kier molecular flexibility index (Phi) is 7.15. The van der Waals surface area contributed by atoms with E-state index in [-0.39, 0.29) is 0 Å². The zero-order valence-corrected chi connectivity index (χ0v) is 13.5. The Morgan fingerprint density at radius 3 is 2.30 bits per heavy atom. The molecule has 0 atom stereocenters. The molecule has 0 spiro atoms. The molecule has 0 saturated heterocycles. The minimum absolute atomic E-state index is 0.722. The second-order valence-corrected chi connectivity index (χ2v) is 4.87. The van der Waals surface area contributed by atoms with E-state index in [9.17, 15) is 0 Å². The smallest absolute Gasteiger partial charge is 0.173 e. The number of ether oxygens (including phenoxy) is 2. The summed E-state index contributed by atoms with van der Waals surface area (Å²) in [6.07, 6.45) is 2.14. The van der Waals surface area contributed by atoms with E-state index in [1.807, 2.05) is 18.2 Å². The highest BCUT2D eigenvalue weighted by Crippen LogP contribution is 2.29. The van der Waals surface area contributed by atoms with Crippen LogP contribution >= 0.6 is 12.2 Å². The summed E-state index contributed by atoms with van der Waals surface area (Å²) in [5, 5.41) is 3.99.